The lowest BCUT2D eigenvalue weighted by atomic mass is 10.2. The molecule has 0 bridgehead atoms. The van der Waals surface area contributed by atoms with Crippen LogP contribution < -0.4 is 10.6 Å². The molecule has 1 aromatic heterocycles. The molecule has 0 amide bonds. The molecule has 7 heteroatoms. The highest BCUT2D eigenvalue weighted by Crippen LogP contribution is 2.23. The summed E-state index contributed by atoms with van der Waals surface area (Å²) in [4.78, 5) is 15.5. The van der Waals surface area contributed by atoms with Gasteiger partial charge in [0.15, 0.2) is 5.11 Å². The summed E-state index contributed by atoms with van der Waals surface area (Å²) in [5.74, 6) is -0.436. The number of benzene rings is 1. The zero-order valence-electron chi connectivity index (χ0n) is 11.8. The van der Waals surface area contributed by atoms with Gasteiger partial charge < -0.3 is 15.4 Å². The summed E-state index contributed by atoms with van der Waals surface area (Å²) in [6, 6.07) is 8.58. The quantitative estimate of drug-likeness (QED) is 0.661. The van der Waals surface area contributed by atoms with Crippen LogP contribution in [0.4, 0.5) is 5.69 Å². The molecule has 114 valence electrons. The molecule has 0 atom stereocenters. The van der Waals surface area contributed by atoms with E-state index < -0.39 is 5.97 Å². The lowest BCUT2D eigenvalue weighted by Crippen LogP contribution is -2.28. The van der Waals surface area contributed by atoms with Crippen LogP contribution in [0.3, 0.4) is 0 Å². The van der Waals surface area contributed by atoms with Crippen LogP contribution in [0, 0.1) is 0 Å². The number of carbonyl (C=O) groups excluding carboxylic acids is 1. The first-order valence-corrected chi connectivity index (χ1v) is 7.20. The van der Waals surface area contributed by atoms with E-state index in [0.717, 1.165) is 5.56 Å². The number of carbonyl (C=O) groups is 1. The predicted molar refractivity (Wildman–Crippen MR) is 90.1 cm³/mol. The van der Waals surface area contributed by atoms with Gasteiger partial charge in [-0.25, -0.2) is 4.79 Å². The zero-order chi connectivity index (χ0) is 15.9. The van der Waals surface area contributed by atoms with E-state index >= 15 is 0 Å². The number of rotatable bonds is 4. The summed E-state index contributed by atoms with van der Waals surface area (Å²) < 4.78 is 4.68. The van der Waals surface area contributed by atoms with Crippen molar-refractivity contribution in [1.29, 1.82) is 0 Å². The number of nitrogens with one attached hydrogen (secondary N) is 2. The van der Waals surface area contributed by atoms with Crippen molar-refractivity contribution in [3.05, 3.63) is 58.9 Å². The van der Waals surface area contributed by atoms with E-state index in [1.165, 1.54) is 7.11 Å². The molecule has 1 heterocycles. The third-order valence-electron chi connectivity index (χ3n) is 2.81. The Hall–Kier alpha value is -2.18. The van der Waals surface area contributed by atoms with Crippen LogP contribution in [0.2, 0.25) is 5.02 Å². The second kappa shape index (κ2) is 7.72. The smallest absolute Gasteiger partial charge is 0.337 e. The number of anilines is 1. The first kappa shape index (κ1) is 16.2. The summed E-state index contributed by atoms with van der Waals surface area (Å²) >= 11 is 11.3. The van der Waals surface area contributed by atoms with Crippen LogP contribution in [0.1, 0.15) is 15.9 Å². The maximum atomic E-state index is 11.5. The number of hydrogen-bond acceptors (Lipinski definition) is 4. The Morgan fingerprint density at radius 1 is 1.41 bits per heavy atom. The average Bonchev–Trinajstić information content (AvgIpc) is 2.55. The molecule has 0 saturated carbocycles. The van der Waals surface area contributed by atoms with Gasteiger partial charge in [0, 0.05) is 18.9 Å². The van der Waals surface area contributed by atoms with E-state index in [9.17, 15) is 4.79 Å². The molecule has 2 N–H and O–H groups in total. The van der Waals surface area contributed by atoms with Crippen molar-refractivity contribution in [1.82, 2.24) is 10.3 Å². The lowest BCUT2D eigenvalue weighted by Gasteiger charge is -2.12. The molecule has 0 saturated heterocycles. The van der Waals surface area contributed by atoms with Gasteiger partial charge >= 0.3 is 5.97 Å². The number of pyridine rings is 1. The van der Waals surface area contributed by atoms with E-state index in [4.69, 9.17) is 23.8 Å². The number of ether oxygens (including phenoxy) is 1. The van der Waals surface area contributed by atoms with Gasteiger partial charge in [0.25, 0.3) is 0 Å². The van der Waals surface area contributed by atoms with Gasteiger partial charge in [-0.1, -0.05) is 17.7 Å². The van der Waals surface area contributed by atoms with Crippen LogP contribution in [0.25, 0.3) is 0 Å². The fourth-order valence-corrected chi connectivity index (χ4v) is 2.06. The molecule has 0 aliphatic rings. The van der Waals surface area contributed by atoms with Crippen molar-refractivity contribution < 1.29 is 9.53 Å². The van der Waals surface area contributed by atoms with Crippen molar-refractivity contribution in [3.63, 3.8) is 0 Å². The first-order valence-electron chi connectivity index (χ1n) is 6.42. The second-order valence-electron chi connectivity index (χ2n) is 4.36. The Labute approximate surface area is 138 Å². The van der Waals surface area contributed by atoms with E-state index in [1.54, 1.807) is 30.6 Å². The number of thiocarbonyl (C=S) groups is 1. The Morgan fingerprint density at radius 2 is 2.23 bits per heavy atom. The van der Waals surface area contributed by atoms with Crippen LogP contribution in [-0.2, 0) is 11.3 Å². The standard InChI is InChI=1S/C15H14ClN3O2S/c1-21-14(20)11-4-5-12(16)13(7-11)19-15(22)18-9-10-3-2-6-17-8-10/h2-8H,9H2,1H3,(H2,18,19,22). The van der Waals surface area contributed by atoms with Crippen molar-refractivity contribution in [2.75, 3.05) is 12.4 Å². The number of hydrogen-bond donors (Lipinski definition) is 2. The SMILES string of the molecule is COC(=O)c1ccc(Cl)c(NC(=S)NCc2cccnc2)c1. The minimum absolute atomic E-state index is 0.393. The Kier molecular flexibility index (Phi) is 5.68. The minimum Gasteiger partial charge on any atom is -0.465 e. The van der Waals surface area contributed by atoms with Crippen molar-refractivity contribution in [2.24, 2.45) is 0 Å². The highest BCUT2D eigenvalue weighted by atomic mass is 35.5. The van der Waals surface area contributed by atoms with Crippen molar-refractivity contribution >= 4 is 40.6 Å². The minimum atomic E-state index is -0.436. The summed E-state index contributed by atoms with van der Waals surface area (Å²) in [5, 5.41) is 6.86. The number of nitrogens with zero attached hydrogens (tertiary/aromatic N) is 1. The molecule has 0 unspecified atom stereocenters. The predicted octanol–water partition coefficient (Wildman–Crippen LogP) is 3.01. The molecular formula is C15H14ClN3O2S. The Balaban J connectivity index is 2.00. The van der Waals surface area contributed by atoms with E-state index in [0.29, 0.717) is 27.9 Å². The van der Waals surface area contributed by atoms with Crippen LogP contribution in [0.5, 0.6) is 0 Å². The molecule has 0 aliphatic heterocycles. The number of esters is 1. The highest BCUT2D eigenvalue weighted by molar-refractivity contribution is 7.80. The second-order valence-corrected chi connectivity index (χ2v) is 5.17. The third-order valence-corrected chi connectivity index (χ3v) is 3.39. The molecule has 2 aromatic rings. The van der Waals surface area contributed by atoms with Gasteiger partial charge in [-0.15, -0.1) is 0 Å². The molecule has 0 aliphatic carbocycles. The topological polar surface area (TPSA) is 63.2 Å². The fourth-order valence-electron chi connectivity index (χ4n) is 1.72. The molecule has 5 nitrogen and oxygen atoms in total. The molecule has 1 aromatic carbocycles. The van der Waals surface area contributed by atoms with E-state index in [2.05, 4.69) is 20.4 Å². The molecule has 2 rings (SSSR count). The van der Waals surface area contributed by atoms with E-state index in [1.807, 2.05) is 12.1 Å². The normalized spacial score (nSPS) is 9.91. The van der Waals surface area contributed by atoms with Crippen LogP contribution in [0.15, 0.2) is 42.7 Å². The largest absolute Gasteiger partial charge is 0.465 e. The summed E-state index contributed by atoms with van der Waals surface area (Å²) in [6.07, 6.45) is 3.46. The van der Waals surface area contributed by atoms with Crippen LogP contribution >= 0.6 is 23.8 Å². The molecule has 0 spiro atoms. The number of aromatic nitrogens is 1. The lowest BCUT2D eigenvalue weighted by molar-refractivity contribution is 0.0601. The first-order chi connectivity index (χ1) is 10.6. The van der Waals surface area contributed by atoms with Crippen molar-refractivity contribution in [2.45, 2.75) is 6.54 Å². The van der Waals surface area contributed by atoms with Gasteiger partial charge in [-0.05, 0) is 42.0 Å². The van der Waals surface area contributed by atoms with Gasteiger partial charge in [0.05, 0.1) is 23.4 Å². The number of methoxy groups -OCH3 is 1. The van der Waals surface area contributed by atoms with Crippen LogP contribution in [-0.4, -0.2) is 23.2 Å². The maximum Gasteiger partial charge on any atom is 0.337 e. The highest BCUT2D eigenvalue weighted by Gasteiger charge is 2.09. The Morgan fingerprint density at radius 3 is 2.91 bits per heavy atom. The summed E-state index contributed by atoms with van der Waals surface area (Å²) in [6.45, 7) is 0.536. The van der Waals surface area contributed by atoms with E-state index in [-0.39, 0.29) is 0 Å². The van der Waals surface area contributed by atoms with Gasteiger partial charge in [-0.2, -0.15) is 0 Å². The molecular weight excluding hydrogens is 322 g/mol. The maximum absolute atomic E-state index is 11.5. The summed E-state index contributed by atoms with van der Waals surface area (Å²) in [5.41, 5.74) is 1.93. The van der Waals surface area contributed by atoms with Crippen molar-refractivity contribution in [3.8, 4) is 0 Å². The molecule has 22 heavy (non-hydrogen) atoms. The molecule has 0 radical (unpaired) electrons. The average molecular weight is 336 g/mol. The third kappa shape index (κ3) is 4.41. The Bertz CT molecular complexity index is 680. The number of halogens is 1. The van der Waals surface area contributed by atoms with Gasteiger partial charge in [-0.3, -0.25) is 4.98 Å². The van der Waals surface area contributed by atoms with Gasteiger partial charge in [0.1, 0.15) is 0 Å². The monoisotopic (exact) mass is 335 g/mol. The molecule has 0 fully saturated rings. The van der Waals surface area contributed by atoms with Gasteiger partial charge in [0.2, 0.25) is 0 Å². The summed E-state index contributed by atoms with van der Waals surface area (Å²) in [7, 11) is 1.32. The zero-order valence-corrected chi connectivity index (χ0v) is 13.4. The fraction of sp³-hybridized carbons (Fsp3) is 0.133.